The first-order chi connectivity index (χ1) is 31.5. The summed E-state index contributed by atoms with van der Waals surface area (Å²) in [7, 11) is 1.53. The highest BCUT2D eigenvalue weighted by atomic mass is 16.5. The Kier molecular flexibility index (Phi) is 13.8. The number of dihydropyridines is 1. The monoisotopic (exact) mass is 883 g/mol. The molecule has 2 aliphatic heterocycles. The van der Waals surface area contributed by atoms with Crippen LogP contribution >= 0.6 is 0 Å². The summed E-state index contributed by atoms with van der Waals surface area (Å²) in [5.41, 5.74) is 9.01. The molecule has 9 rings (SSSR count). The molecule has 3 aromatic carbocycles. The lowest BCUT2D eigenvalue weighted by Gasteiger charge is -2.54. The van der Waals surface area contributed by atoms with Gasteiger partial charge in [-0.05, 0) is 171 Å². The molecule has 12 atom stereocenters. The summed E-state index contributed by atoms with van der Waals surface area (Å²) in [5.74, 6) is 10.8. The Hall–Kier alpha value is -4.66. The number of aliphatic hydroxyl groups excluding tert-OH is 2. The predicted octanol–water partition coefficient (Wildman–Crippen LogP) is 7.16. The van der Waals surface area contributed by atoms with Gasteiger partial charge in [-0.15, -0.1) is 0 Å². The van der Waals surface area contributed by atoms with Crippen molar-refractivity contribution in [1.29, 1.82) is 0 Å². The number of allylic oxidation sites excluding steroid dienone is 2. The zero-order valence-corrected chi connectivity index (χ0v) is 38.4. The number of carbonyl (C=O) groups excluding carboxylic acids is 2. The third-order valence-corrected chi connectivity index (χ3v) is 16.8. The van der Waals surface area contributed by atoms with Gasteiger partial charge in [-0.2, -0.15) is 0 Å². The van der Waals surface area contributed by atoms with Crippen molar-refractivity contribution in [2.45, 2.75) is 120 Å². The van der Waals surface area contributed by atoms with Gasteiger partial charge in [0.1, 0.15) is 11.2 Å². The van der Waals surface area contributed by atoms with Gasteiger partial charge in [-0.1, -0.05) is 67.3 Å². The van der Waals surface area contributed by atoms with Crippen molar-refractivity contribution in [3.8, 4) is 23.3 Å². The number of nitrogens with one attached hydrogen (secondary N) is 3. The minimum atomic E-state index is -1.18. The zero-order chi connectivity index (χ0) is 45.2. The standard InChI is InChI=1S/C55H70N4O6/c1-3-57-31-40-24-48-41(32-59-49-29-43(61)13-14-44(48)49)23-45(40)38-17-20-55(53(64)26-38)19-16-34(47-30-50(62)51(65-2)25-37(47)11-15-52(55)63)10-12-42(60)28-46(39-18-21-58-54(56)27-39)36-9-8-33-6-4-5-7-35(33)22-36/h4-9,18,22,25,27,30,34,38,40-42,44-46,48-49,53,57-60,62,64H,3,10-15,17,20-21,23-24,26,28-29,31-32,56H2,1-2H3/t34-,38-,40+,41-,42-,44+,45+,46-,48-,49+,53+,55+/m0/s1. The number of ketones is 2. The average Bonchev–Trinajstić information content (AvgIpc) is 3.36. The number of carbonyl (C=O) groups is 2. The number of nitrogens with two attached hydrogens (primary N) is 1. The van der Waals surface area contributed by atoms with Gasteiger partial charge in [-0.3, -0.25) is 9.59 Å². The first kappa shape index (κ1) is 45.5. The van der Waals surface area contributed by atoms with Gasteiger partial charge in [-0.25, -0.2) is 0 Å². The molecule has 4 fully saturated rings. The van der Waals surface area contributed by atoms with E-state index in [-0.39, 0.29) is 29.8 Å². The molecule has 0 amide bonds. The molecule has 3 aromatic rings. The molecule has 0 unspecified atom stereocenters. The lowest BCUT2D eigenvalue weighted by Crippen LogP contribution is -2.57. The van der Waals surface area contributed by atoms with Crippen molar-refractivity contribution in [2.24, 2.45) is 46.7 Å². The van der Waals surface area contributed by atoms with E-state index >= 15 is 0 Å². The third kappa shape index (κ3) is 9.50. The van der Waals surface area contributed by atoms with E-state index in [0.29, 0.717) is 111 Å². The molecule has 0 bridgehead atoms. The molecule has 2 heterocycles. The quantitative estimate of drug-likeness (QED) is 0.0929. The Morgan fingerprint density at radius 2 is 1.83 bits per heavy atom. The number of methoxy groups -OCH3 is 1. The Labute approximate surface area is 385 Å². The third-order valence-electron chi connectivity index (χ3n) is 16.8. The first-order valence-electron chi connectivity index (χ1n) is 24.7. The van der Waals surface area contributed by atoms with Crippen molar-refractivity contribution in [1.82, 2.24) is 16.0 Å². The maximum Gasteiger partial charge on any atom is 0.160 e. The summed E-state index contributed by atoms with van der Waals surface area (Å²) in [4.78, 5) is 27.0. The first-order valence-corrected chi connectivity index (χ1v) is 24.7. The van der Waals surface area contributed by atoms with Gasteiger partial charge in [0.25, 0.3) is 0 Å². The number of hydrogen-bond acceptors (Lipinski definition) is 10. The van der Waals surface area contributed by atoms with Crippen molar-refractivity contribution in [2.75, 3.05) is 33.3 Å². The summed E-state index contributed by atoms with van der Waals surface area (Å²) in [6, 6.07) is 18.7. The number of aliphatic hydroxyl groups is 2. The molecule has 0 radical (unpaired) electrons. The second-order valence-electron chi connectivity index (χ2n) is 20.4. The second-order valence-corrected chi connectivity index (χ2v) is 20.4. The number of ether oxygens (including phenoxy) is 1. The van der Waals surface area contributed by atoms with Gasteiger partial charge in [0.15, 0.2) is 17.3 Å². The SMILES string of the molecule is CCNC[C@H]1C[C@H]2[C@H](CN[C@@H]3CC(=O)CC[C@H]23)C[C@@H]1[C@H]1CC[C@@]2(C#C[C@H](CC[C@H](O)C[C@H](C3=CCNC(N)=C3)c3ccc4ccccc4c3)c3cc(O)c(OC)cc3CCC2=O)[C@H](O)C1. The molecule has 3 saturated carbocycles. The summed E-state index contributed by atoms with van der Waals surface area (Å²) < 4.78 is 5.55. The van der Waals surface area contributed by atoms with Crippen LogP contribution in [0.15, 0.2) is 78.1 Å². The van der Waals surface area contributed by atoms with Crippen LogP contribution in [-0.4, -0.2) is 78.4 Å². The van der Waals surface area contributed by atoms with E-state index in [1.165, 1.54) is 7.11 Å². The Morgan fingerprint density at radius 1 is 0.985 bits per heavy atom. The predicted molar refractivity (Wildman–Crippen MR) is 255 cm³/mol. The van der Waals surface area contributed by atoms with Crippen molar-refractivity contribution >= 4 is 22.3 Å². The van der Waals surface area contributed by atoms with E-state index in [2.05, 4.69) is 71.1 Å². The maximum absolute atomic E-state index is 14.6. The molecular weight excluding hydrogens is 813 g/mol. The molecule has 6 aliphatic rings. The smallest absolute Gasteiger partial charge is 0.160 e. The summed E-state index contributed by atoms with van der Waals surface area (Å²) >= 11 is 0. The van der Waals surface area contributed by atoms with E-state index in [9.17, 15) is 24.9 Å². The fraction of sp³-hybridized carbons (Fsp3) is 0.564. The number of benzene rings is 3. The summed E-state index contributed by atoms with van der Waals surface area (Å²) in [6.07, 6.45) is 11.1. The minimum absolute atomic E-state index is 0.0144. The number of hydrogen-bond donors (Lipinski definition) is 7. The lowest BCUT2D eigenvalue weighted by atomic mass is 9.54. The topological polar surface area (TPSA) is 166 Å². The van der Waals surface area contributed by atoms with E-state index in [1.807, 2.05) is 24.3 Å². The van der Waals surface area contributed by atoms with Gasteiger partial charge in [0.05, 0.1) is 25.1 Å². The summed E-state index contributed by atoms with van der Waals surface area (Å²) in [5, 5.41) is 48.4. The van der Waals surface area contributed by atoms with Crippen LogP contribution in [0, 0.1) is 52.8 Å². The molecule has 0 aromatic heterocycles. The number of phenolic OH excluding ortho intramolecular Hbond substituents is 1. The highest BCUT2D eigenvalue weighted by Gasteiger charge is 2.53. The molecule has 1 saturated heterocycles. The van der Waals surface area contributed by atoms with Gasteiger partial charge >= 0.3 is 0 Å². The number of aryl methyl sites for hydroxylation is 1. The highest BCUT2D eigenvalue weighted by Crippen LogP contribution is 2.53. The largest absolute Gasteiger partial charge is 0.504 e. The van der Waals surface area contributed by atoms with Crippen LogP contribution < -0.4 is 26.4 Å². The van der Waals surface area contributed by atoms with Crippen LogP contribution in [0.3, 0.4) is 0 Å². The van der Waals surface area contributed by atoms with Crippen LogP contribution in [0.25, 0.3) is 10.8 Å². The molecule has 8 N–H and O–H groups in total. The average molecular weight is 883 g/mol. The Morgan fingerprint density at radius 3 is 2.63 bits per heavy atom. The fourth-order valence-electron chi connectivity index (χ4n) is 13.3. The molecule has 10 nitrogen and oxygen atoms in total. The number of rotatable bonds is 12. The molecule has 65 heavy (non-hydrogen) atoms. The second kappa shape index (κ2) is 19.7. The number of fused-ring (bicyclic) bond motifs is 5. The van der Waals surface area contributed by atoms with Gasteiger partial charge in [0.2, 0.25) is 0 Å². The van der Waals surface area contributed by atoms with Crippen molar-refractivity contribution in [3.05, 3.63) is 94.8 Å². The molecule has 4 aliphatic carbocycles. The normalized spacial score (nSPS) is 32.2. The number of piperidine rings is 1. The fourth-order valence-corrected chi connectivity index (χ4v) is 13.3. The molecule has 1 spiro atoms. The van der Waals surface area contributed by atoms with Gasteiger partial charge < -0.3 is 41.7 Å². The van der Waals surface area contributed by atoms with Crippen molar-refractivity contribution in [3.63, 3.8) is 0 Å². The lowest BCUT2D eigenvalue weighted by molar-refractivity contribution is -0.136. The zero-order valence-electron chi connectivity index (χ0n) is 38.4. The van der Waals surface area contributed by atoms with E-state index < -0.39 is 23.5 Å². The number of aromatic hydroxyl groups is 1. The van der Waals surface area contributed by atoms with Crippen LogP contribution in [0.2, 0.25) is 0 Å². The van der Waals surface area contributed by atoms with E-state index in [4.69, 9.17) is 10.5 Å². The Bertz CT molecular complexity index is 2370. The summed E-state index contributed by atoms with van der Waals surface area (Å²) in [6.45, 7) is 5.60. The van der Waals surface area contributed by atoms with Gasteiger partial charge in [0, 0.05) is 43.7 Å². The number of phenols is 1. The Balaban J connectivity index is 0.960. The van der Waals surface area contributed by atoms with Crippen LogP contribution in [0.4, 0.5) is 0 Å². The maximum atomic E-state index is 14.6. The van der Waals surface area contributed by atoms with E-state index in [1.54, 1.807) is 6.07 Å². The molecular formula is C55H70N4O6. The molecule has 10 heteroatoms. The molecule has 346 valence electrons. The highest BCUT2D eigenvalue weighted by molar-refractivity contribution is 5.89. The number of Topliss-reactive ketones (excluding diaryl/α,β-unsaturated/α-hetero) is 2. The minimum Gasteiger partial charge on any atom is -0.504 e. The van der Waals surface area contributed by atoms with Crippen LogP contribution in [-0.2, 0) is 16.0 Å². The van der Waals surface area contributed by atoms with Crippen LogP contribution in [0.1, 0.15) is 112 Å². The van der Waals surface area contributed by atoms with E-state index in [0.717, 1.165) is 78.4 Å². The van der Waals surface area contributed by atoms with Crippen LogP contribution in [0.5, 0.6) is 11.5 Å². The van der Waals surface area contributed by atoms with Crippen molar-refractivity contribution < 1.29 is 29.6 Å².